The smallest absolute Gasteiger partial charge is 0.125 e. The van der Waals surface area contributed by atoms with E-state index in [1.807, 2.05) is 36.7 Å². The third-order valence-electron chi connectivity index (χ3n) is 3.93. The molecule has 4 heteroatoms. The summed E-state index contributed by atoms with van der Waals surface area (Å²) < 4.78 is 7.32. The fraction of sp³-hybridized carbons (Fsp3) is 0.316. The van der Waals surface area contributed by atoms with Crippen LogP contribution < -0.4 is 4.74 Å². The molecular weight excluding hydrogens is 352 g/mol. The van der Waals surface area contributed by atoms with Crippen molar-refractivity contribution in [1.82, 2.24) is 4.90 Å². The molecule has 0 radical (unpaired) electrons. The number of ether oxygens (including phenoxy) is 1. The lowest BCUT2D eigenvalue weighted by molar-refractivity contribution is 0.183. The molecule has 2 aromatic carbocycles. The molecule has 0 aromatic heterocycles. The Bertz CT molecular complexity index is 642. The third kappa shape index (κ3) is 4.58. The Morgan fingerprint density at radius 3 is 2.57 bits per heavy atom. The van der Waals surface area contributed by atoms with Crippen LogP contribution in [0.15, 0.2) is 64.1 Å². The van der Waals surface area contributed by atoms with Gasteiger partial charge in [0.15, 0.2) is 0 Å². The molecule has 0 aliphatic carbocycles. The lowest BCUT2D eigenvalue weighted by Gasteiger charge is -2.23. The number of hydrogen-bond donors (Lipinski definition) is 0. The first-order chi connectivity index (χ1) is 11.2. The molecule has 0 N–H and O–H groups in total. The van der Waals surface area contributed by atoms with Crippen molar-refractivity contribution in [2.45, 2.75) is 25.5 Å². The molecule has 0 saturated carbocycles. The number of para-hydroxylation sites is 1. The average molecular weight is 373 g/mol. The monoisotopic (exact) mass is 372 g/mol. The summed E-state index contributed by atoms with van der Waals surface area (Å²) in [6.07, 6.45) is 2.93. The van der Waals surface area contributed by atoms with Gasteiger partial charge >= 0.3 is 0 Å². The van der Waals surface area contributed by atoms with Crippen LogP contribution in [0.2, 0.25) is 0 Å². The quantitative estimate of drug-likeness (QED) is 0.734. The number of halogens is 1. The molecule has 0 amide bonds. The normalized spacial score (nSPS) is 18.2. The van der Waals surface area contributed by atoms with Gasteiger partial charge in [0, 0.05) is 24.0 Å². The van der Waals surface area contributed by atoms with Gasteiger partial charge in [0.25, 0.3) is 0 Å². The summed E-state index contributed by atoms with van der Waals surface area (Å²) in [7, 11) is 0. The first kappa shape index (κ1) is 16.1. The average Bonchev–Trinajstić information content (AvgIpc) is 2.99. The highest BCUT2D eigenvalue weighted by Crippen LogP contribution is 2.26. The van der Waals surface area contributed by atoms with Gasteiger partial charge in [0.2, 0.25) is 0 Å². The van der Waals surface area contributed by atoms with Crippen LogP contribution >= 0.6 is 15.9 Å². The largest absolute Gasteiger partial charge is 0.486 e. The first-order valence-electron chi connectivity index (χ1n) is 7.95. The highest BCUT2D eigenvalue weighted by Gasteiger charge is 2.18. The second-order valence-electron chi connectivity index (χ2n) is 5.87. The highest BCUT2D eigenvalue weighted by molar-refractivity contribution is 9.10. The standard InChI is InChI=1S/C19H21BrN2O/c1-15-13-22(14-21-15)12-11-19(16-7-9-17(20)10-8-16)23-18-5-3-2-4-6-18/h2-10,14-15,19H,11-13H2,1H3. The van der Waals surface area contributed by atoms with Crippen molar-refractivity contribution in [3.05, 3.63) is 64.6 Å². The molecule has 1 heterocycles. The summed E-state index contributed by atoms with van der Waals surface area (Å²) in [5.41, 5.74) is 1.20. The Labute approximate surface area is 146 Å². The predicted octanol–water partition coefficient (Wildman–Crippen LogP) is 4.69. The fourth-order valence-electron chi connectivity index (χ4n) is 2.71. The molecule has 3 rings (SSSR count). The van der Waals surface area contributed by atoms with Crippen LogP contribution in [0.1, 0.15) is 25.0 Å². The minimum absolute atomic E-state index is 0.0369. The molecule has 23 heavy (non-hydrogen) atoms. The van der Waals surface area contributed by atoms with Gasteiger partial charge in [-0.15, -0.1) is 0 Å². The summed E-state index contributed by atoms with van der Waals surface area (Å²) in [6.45, 7) is 4.09. The zero-order chi connectivity index (χ0) is 16.1. The molecular formula is C19H21BrN2O. The van der Waals surface area contributed by atoms with Gasteiger partial charge in [-0.05, 0) is 36.8 Å². The maximum absolute atomic E-state index is 6.24. The molecule has 0 spiro atoms. The van der Waals surface area contributed by atoms with Crippen molar-refractivity contribution < 1.29 is 4.74 Å². The molecule has 2 unspecified atom stereocenters. The molecule has 1 aliphatic rings. The van der Waals surface area contributed by atoms with Crippen LogP contribution in [0.3, 0.4) is 0 Å². The van der Waals surface area contributed by atoms with E-state index in [0.717, 1.165) is 29.7 Å². The number of nitrogens with zero attached hydrogens (tertiary/aromatic N) is 2. The van der Waals surface area contributed by atoms with Crippen molar-refractivity contribution in [2.75, 3.05) is 13.1 Å². The summed E-state index contributed by atoms with van der Waals surface area (Å²) in [4.78, 5) is 6.69. The summed E-state index contributed by atoms with van der Waals surface area (Å²) in [5.74, 6) is 0.906. The summed E-state index contributed by atoms with van der Waals surface area (Å²) >= 11 is 3.49. The second kappa shape index (κ2) is 7.64. The van der Waals surface area contributed by atoms with Crippen LogP contribution in [0.5, 0.6) is 5.75 Å². The Morgan fingerprint density at radius 2 is 1.91 bits per heavy atom. The van der Waals surface area contributed by atoms with Crippen molar-refractivity contribution >= 4 is 22.3 Å². The van der Waals surface area contributed by atoms with E-state index in [-0.39, 0.29) is 6.10 Å². The fourth-order valence-corrected chi connectivity index (χ4v) is 2.97. The second-order valence-corrected chi connectivity index (χ2v) is 6.78. The maximum Gasteiger partial charge on any atom is 0.125 e. The van der Waals surface area contributed by atoms with Crippen LogP contribution in [0, 0.1) is 0 Å². The Balaban J connectivity index is 1.70. The Kier molecular flexibility index (Phi) is 5.34. The zero-order valence-electron chi connectivity index (χ0n) is 13.2. The maximum atomic E-state index is 6.24. The highest BCUT2D eigenvalue weighted by atomic mass is 79.9. The first-order valence-corrected chi connectivity index (χ1v) is 8.74. The lowest BCUT2D eigenvalue weighted by atomic mass is 10.1. The summed E-state index contributed by atoms with van der Waals surface area (Å²) in [5, 5.41) is 0. The Morgan fingerprint density at radius 1 is 1.17 bits per heavy atom. The molecule has 0 saturated heterocycles. The minimum Gasteiger partial charge on any atom is -0.486 e. The van der Waals surface area contributed by atoms with E-state index in [4.69, 9.17) is 4.74 Å². The number of benzene rings is 2. The summed E-state index contributed by atoms with van der Waals surface area (Å²) in [6, 6.07) is 18.8. The lowest BCUT2D eigenvalue weighted by Crippen LogP contribution is -2.25. The van der Waals surface area contributed by atoms with Gasteiger partial charge in [-0.25, -0.2) is 0 Å². The van der Waals surface area contributed by atoms with E-state index in [2.05, 4.69) is 57.0 Å². The van der Waals surface area contributed by atoms with Gasteiger partial charge in [-0.2, -0.15) is 0 Å². The van der Waals surface area contributed by atoms with E-state index in [9.17, 15) is 0 Å². The van der Waals surface area contributed by atoms with Gasteiger partial charge < -0.3 is 9.64 Å². The van der Waals surface area contributed by atoms with Crippen LogP contribution in [0.25, 0.3) is 0 Å². The SMILES string of the molecule is CC1CN(CCC(Oc2ccccc2)c2ccc(Br)cc2)C=N1. The molecule has 2 aromatic rings. The topological polar surface area (TPSA) is 24.8 Å². The molecule has 120 valence electrons. The van der Waals surface area contributed by atoms with E-state index in [1.165, 1.54) is 5.56 Å². The van der Waals surface area contributed by atoms with E-state index >= 15 is 0 Å². The zero-order valence-corrected chi connectivity index (χ0v) is 14.8. The van der Waals surface area contributed by atoms with Gasteiger partial charge in [-0.3, -0.25) is 4.99 Å². The van der Waals surface area contributed by atoms with Crippen molar-refractivity contribution in [1.29, 1.82) is 0 Å². The number of rotatable bonds is 6. The van der Waals surface area contributed by atoms with Gasteiger partial charge in [-0.1, -0.05) is 46.3 Å². The predicted molar refractivity (Wildman–Crippen MR) is 98.1 cm³/mol. The van der Waals surface area contributed by atoms with Crippen LogP contribution in [0.4, 0.5) is 0 Å². The molecule has 0 fully saturated rings. The molecule has 1 aliphatic heterocycles. The molecule has 2 atom stereocenters. The van der Waals surface area contributed by atoms with Crippen molar-refractivity contribution in [2.24, 2.45) is 4.99 Å². The van der Waals surface area contributed by atoms with Crippen LogP contribution in [-0.2, 0) is 0 Å². The molecule has 3 nitrogen and oxygen atoms in total. The van der Waals surface area contributed by atoms with Gasteiger partial charge in [0.05, 0.1) is 12.4 Å². The van der Waals surface area contributed by atoms with Gasteiger partial charge in [0.1, 0.15) is 11.9 Å². The van der Waals surface area contributed by atoms with E-state index < -0.39 is 0 Å². The Hall–Kier alpha value is -1.81. The van der Waals surface area contributed by atoms with E-state index in [1.54, 1.807) is 0 Å². The van der Waals surface area contributed by atoms with E-state index in [0.29, 0.717) is 6.04 Å². The number of hydrogen-bond acceptors (Lipinski definition) is 3. The number of aliphatic imine (C=N–C) groups is 1. The third-order valence-corrected chi connectivity index (χ3v) is 4.45. The van der Waals surface area contributed by atoms with Crippen LogP contribution in [-0.4, -0.2) is 30.4 Å². The van der Waals surface area contributed by atoms with Crippen molar-refractivity contribution in [3.63, 3.8) is 0 Å². The van der Waals surface area contributed by atoms with Crippen molar-refractivity contribution in [3.8, 4) is 5.75 Å². The minimum atomic E-state index is 0.0369. The molecule has 0 bridgehead atoms.